The lowest BCUT2D eigenvalue weighted by atomic mass is 9.65. The van der Waals surface area contributed by atoms with Gasteiger partial charge in [0.1, 0.15) is 0 Å². The molecule has 0 radical (unpaired) electrons. The van der Waals surface area contributed by atoms with Gasteiger partial charge in [0.15, 0.2) is 0 Å². The summed E-state index contributed by atoms with van der Waals surface area (Å²) in [6, 6.07) is 95.8. The Morgan fingerprint density at radius 1 is 0.286 bits per heavy atom. The van der Waals surface area contributed by atoms with Crippen molar-refractivity contribution >= 4 is 38.9 Å². The number of hydrogen-bond acceptors (Lipinski definition) is 1. The number of anilines is 3. The molecule has 1 unspecified atom stereocenters. The van der Waals surface area contributed by atoms with Gasteiger partial charge in [-0.2, -0.15) is 0 Å². The van der Waals surface area contributed by atoms with Crippen LogP contribution in [0.1, 0.15) is 44.5 Å². The third-order valence-corrected chi connectivity index (χ3v) is 16.4. The maximum Gasteiger partial charge on any atom is 0.0754 e. The Balaban J connectivity index is 0.880. The first-order valence-electron chi connectivity index (χ1n) is 24.5. The lowest BCUT2D eigenvalue weighted by Gasteiger charge is -2.39. The first-order chi connectivity index (χ1) is 34.8. The van der Waals surface area contributed by atoms with E-state index in [0.717, 1.165) is 17.1 Å². The zero-order valence-corrected chi connectivity index (χ0v) is 38.1. The smallest absolute Gasteiger partial charge is 0.0754 e. The van der Waals surface area contributed by atoms with Gasteiger partial charge in [-0.05, 0) is 138 Å². The van der Waals surface area contributed by atoms with E-state index in [9.17, 15) is 0 Å². The largest absolute Gasteiger partial charge is 0.310 e. The third-order valence-electron chi connectivity index (χ3n) is 16.4. The van der Waals surface area contributed by atoms with Crippen LogP contribution in [0.25, 0.3) is 72.0 Å². The van der Waals surface area contributed by atoms with Crippen LogP contribution in [0.5, 0.6) is 0 Å². The van der Waals surface area contributed by atoms with Gasteiger partial charge in [0.05, 0.1) is 27.6 Å². The van der Waals surface area contributed by atoms with Crippen molar-refractivity contribution in [3.05, 3.63) is 299 Å². The lowest BCUT2D eigenvalue weighted by molar-refractivity contribution is 0.748. The number of aromatic nitrogens is 1. The number of benzene rings is 11. The molecule has 324 valence electrons. The second kappa shape index (κ2) is 13.8. The van der Waals surface area contributed by atoms with Crippen LogP contribution < -0.4 is 4.90 Å². The average molecular weight is 887 g/mol. The number of fused-ring (bicyclic) bond motifs is 22. The highest BCUT2D eigenvalue weighted by molar-refractivity contribution is 6.13. The Bertz CT molecular complexity index is 4130. The van der Waals surface area contributed by atoms with Crippen LogP contribution in [0.4, 0.5) is 17.1 Å². The van der Waals surface area contributed by atoms with Crippen LogP contribution in [0, 0.1) is 0 Å². The summed E-state index contributed by atoms with van der Waals surface area (Å²) in [7, 11) is 0. The minimum absolute atomic E-state index is 0.427. The van der Waals surface area contributed by atoms with Crippen LogP contribution in [0.2, 0.25) is 0 Å². The van der Waals surface area contributed by atoms with Crippen molar-refractivity contribution in [2.75, 3.05) is 4.90 Å². The van der Waals surface area contributed by atoms with E-state index in [1.165, 1.54) is 117 Å². The summed E-state index contributed by atoms with van der Waals surface area (Å²) in [6.07, 6.45) is 0. The third kappa shape index (κ3) is 4.59. The average Bonchev–Trinajstić information content (AvgIpc) is 4.13. The fraction of sp³-hybridized carbons (Fsp3) is 0.0294. The predicted octanol–water partition coefficient (Wildman–Crippen LogP) is 16.9. The van der Waals surface area contributed by atoms with Crippen molar-refractivity contribution in [1.29, 1.82) is 0 Å². The molecule has 16 rings (SSSR count). The van der Waals surface area contributed by atoms with E-state index in [2.05, 4.69) is 264 Å². The Labute approximate surface area is 406 Å². The number of hydrogen-bond donors (Lipinski definition) is 0. The summed E-state index contributed by atoms with van der Waals surface area (Å²) in [4.78, 5) is 2.44. The van der Waals surface area contributed by atoms with E-state index >= 15 is 0 Å². The van der Waals surface area contributed by atoms with Crippen LogP contribution in [-0.2, 0) is 10.8 Å². The molecule has 11 aromatic carbocycles. The zero-order chi connectivity index (χ0) is 45.7. The van der Waals surface area contributed by atoms with Crippen molar-refractivity contribution in [3.8, 4) is 50.2 Å². The summed E-state index contributed by atoms with van der Waals surface area (Å²) in [5.41, 5.74) is 27.2. The molecule has 1 aliphatic heterocycles. The molecule has 0 saturated carbocycles. The normalized spacial score (nSPS) is 15.6. The molecule has 1 aromatic heterocycles. The Morgan fingerprint density at radius 3 is 1.47 bits per heavy atom. The maximum atomic E-state index is 2.52. The summed E-state index contributed by atoms with van der Waals surface area (Å²) < 4.78 is 2.52. The summed E-state index contributed by atoms with van der Waals surface area (Å²) in [5, 5.41) is 2.58. The molecule has 1 atom stereocenters. The van der Waals surface area contributed by atoms with E-state index in [4.69, 9.17) is 0 Å². The SMILES string of the molecule is c1ccc(N(c2ccc(-c3cccc4c3-c3ccccc3C43c4ccccc4-n4c5ccccc5c5cccc3c54)cc2)c2ccc3c(c2)C2(c4ccccc4-c4ccccc42)c2ccccc2-3)cc1. The minimum Gasteiger partial charge on any atom is -0.310 e. The number of para-hydroxylation sites is 4. The fourth-order valence-corrected chi connectivity index (χ4v) is 13.9. The highest BCUT2D eigenvalue weighted by atomic mass is 15.1. The second-order valence-electron chi connectivity index (χ2n) is 19.4. The molecule has 2 heteroatoms. The molecule has 2 nitrogen and oxygen atoms in total. The fourth-order valence-electron chi connectivity index (χ4n) is 13.9. The van der Waals surface area contributed by atoms with Gasteiger partial charge in [0.25, 0.3) is 0 Å². The molecular weight excluding hydrogens is 845 g/mol. The summed E-state index contributed by atoms with van der Waals surface area (Å²) in [6.45, 7) is 0. The first kappa shape index (κ1) is 38.0. The molecule has 0 saturated heterocycles. The molecule has 4 aliphatic rings. The second-order valence-corrected chi connectivity index (χ2v) is 19.4. The van der Waals surface area contributed by atoms with Gasteiger partial charge in [0.2, 0.25) is 0 Å². The van der Waals surface area contributed by atoms with E-state index in [-0.39, 0.29) is 0 Å². The van der Waals surface area contributed by atoms with E-state index in [1.54, 1.807) is 0 Å². The topological polar surface area (TPSA) is 8.17 Å². The summed E-state index contributed by atoms with van der Waals surface area (Å²) >= 11 is 0. The monoisotopic (exact) mass is 886 g/mol. The van der Waals surface area contributed by atoms with Crippen LogP contribution in [0.15, 0.2) is 255 Å². The van der Waals surface area contributed by atoms with Crippen molar-refractivity contribution in [1.82, 2.24) is 4.57 Å². The van der Waals surface area contributed by atoms with E-state index in [1.807, 2.05) is 0 Å². The van der Waals surface area contributed by atoms with Gasteiger partial charge in [-0.25, -0.2) is 0 Å². The number of nitrogens with zero attached hydrogens (tertiary/aromatic N) is 2. The van der Waals surface area contributed by atoms with E-state index in [0.29, 0.717) is 0 Å². The van der Waals surface area contributed by atoms with Crippen LogP contribution in [0.3, 0.4) is 0 Å². The maximum absolute atomic E-state index is 2.52. The molecule has 12 aromatic rings. The van der Waals surface area contributed by atoms with Gasteiger partial charge in [0, 0.05) is 27.8 Å². The van der Waals surface area contributed by atoms with Gasteiger partial charge in [-0.15, -0.1) is 0 Å². The Kier molecular flexibility index (Phi) is 7.51. The van der Waals surface area contributed by atoms with E-state index < -0.39 is 10.8 Å². The zero-order valence-electron chi connectivity index (χ0n) is 38.1. The van der Waals surface area contributed by atoms with Gasteiger partial charge >= 0.3 is 0 Å². The van der Waals surface area contributed by atoms with Crippen molar-refractivity contribution < 1.29 is 0 Å². The molecule has 2 heterocycles. The molecule has 2 spiro atoms. The molecular formula is C68H42N2. The molecule has 0 N–H and O–H groups in total. The quantitative estimate of drug-likeness (QED) is 0.171. The van der Waals surface area contributed by atoms with Crippen molar-refractivity contribution in [2.45, 2.75) is 10.8 Å². The molecule has 3 aliphatic carbocycles. The first-order valence-corrected chi connectivity index (χ1v) is 24.5. The Hall–Kier alpha value is -8.98. The van der Waals surface area contributed by atoms with Crippen LogP contribution in [-0.4, -0.2) is 4.57 Å². The predicted molar refractivity (Wildman–Crippen MR) is 288 cm³/mol. The molecule has 0 amide bonds. The minimum atomic E-state index is -0.503. The van der Waals surface area contributed by atoms with Gasteiger partial charge < -0.3 is 9.47 Å². The number of rotatable bonds is 4. The summed E-state index contributed by atoms with van der Waals surface area (Å²) in [5.74, 6) is 0. The highest BCUT2D eigenvalue weighted by Crippen LogP contribution is 2.65. The molecule has 0 bridgehead atoms. The van der Waals surface area contributed by atoms with Crippen molar-refractivity contribution in [2.24, 2.45) is 0 Å². The van der Waals surface area contributed by atoms with Crippen LogP contribution >= 0.6 is 0 Å². The lowest BCUT2D eigenvalue weighted by Crippen LogP contribution is -2.33. The Morgan fingerprint density at radius 2 is 0.757 bits per heavy atom. The van der Waals surface area contributed by atoms with Crippen molar-refractivity contribution in [3.63, 3.8) is 0 Å². The molecule has 70 heavy (non-hydrogen) atoms. The molecule has 0 fully saturated rings. The van der Waals surface area contributed by atoms with Gasteiger partial charge in [-0.1, -0.05) is 206 Å². The van der Waals surface area contributed by atoms with Gasteiger partial charge in [-0.3, -0.25) is 0 Å². The highest BCUT2D eigenvalue weighted by Gasteiger charge is 2.53. The standard InChI is InChI=1S/C68H42N2/c1-2-18-44(19-3-1)69(46-40-41-51-50-22-6-11-29-57(50)67(62(51)42-46)55-27-9-4-20-48(55)49-21-5-10-28-56(49)67)45-38-36-43(37-39-45)47-25-16-32-60-65(47)54-24-7-12-30-58(54)68(60)59-31-13-15-35-64(59)70-63-34-14-8-23-52(63)53-26-17-33-61(68)66(53)70/h1-42H.